The molecule has 2 aromatic carbocycles. The number of pyridine rings is 1. The molecule has 1 fully saturated rings. The van der Waals surface area contributed by atoms with Gasteiger partial charge >= 0.3 is 0 Å². The van der Waals surface area contributed by atoms with E-state index in [9.17, 15) is 9.18 Å². The third-order valence-corrected chi connectivity index (χ3v) is 5.59. The molecule has 0 unspecified atom stereocenters. The number of rotatable bonds is 6. The lowest BCUT2D eigenvalue weighted by atomic mass is 9.91. The molecule has 5 nitrogen and oxygen atoms in total. The molecular weight excluding hydrogens is 405 g/mol. The van der Waals surface area contributed by atoms with Crippen molar-refractivity contribution in [1.82, 2.24) is 10.3 Å². The lowest BCUT2D eigenvalue weighted by molar-refractivity contribution is -0.124. The lowest BCUT2D eigenvalue weighted by Crippen LogP contribution is -2.42. The number of hydrogen-bond acceptors (Lipinski definition) is 4. The molecule has 2 N–H and O–H groups in total. The van der Waals surface area contributed by atoms with Crippen LogP contribution >= 0.6 is 11.6 Å². The zero-order valence-electron chi connectivity index (χ0n) is 16.4. The predicted octanol–water partition coefficient (Wildman–Crippen LogP) is 4.95. The predicted molar refractivity (Wildman–Crippen MR) is 116 cm³/mol. The first-order valence-electron chi connectivity index (χ1n) is 10.1. The van der Waals surface area contributed by atoms with E-state index in [1.54, 1.807) is 0 Å². The van der Waals surface area contributed by atoms with E-state index in [0.29, 0.717) is 11.8 Å². The first kappa shape index (κ1) is 20.4. The number of carbonyl (C=O) groups is 1. The molecule has 0 radical (unpaired) electrons. The van der Waals surface area contributed by atoms with Crippen molar-refractivity contribution in [2.45, 2.75) is 37.8 Å². The van der Waals surface area contributed by atoms with Crippen LogP contribution in [0.2, 0.25) is 5.02 Å². The Labute approximate surface area is 179 Å². The number of benzene rings is 2. The van der Waals surface area contributed by atoms with Crippen LogP contribution in [0.1, 0.15) is 25.7 Å². The van der Waals surface area contributed by atoms with Gasteiger partial charge in [-0.05, 0) is 56.0 Å². The van der Waals surface area contributed by atoms with Crippen molar-refractivity contribution in [3.05, 3.63) is 65.4 Å². The molecule has 1 saturated carbocycles. The van der Waals surface area contributed by atoms with Crippen molar-refractivity contribution in [2.24, 2.45) is 0 Å². The van der Waals surface area contributed by atoms with E-state index >= 15 is 0 Å². The Kier molecular flexibility index (Phi) is 6.33. The van der Waals surface area contributed by atoms with Gasteiger partial charge in [-0.3, -0.25) is 4.79 Å². The Morgan fingerprint density at radius 3 is 2.63 bits per heavy atom. The summed E-state index contributed by atoms with van der Waals surface area (Å²) >= 11 is 5.72. The molecule has 0 bridgehead atoms. The van der Waals surface area contributed by atoms with Crippen LogP contribution in [0, 0.1) is 5.82 Å². The number of fused-ring (bicyclic) bond motifs is 1. The van der Waals surface area contributed by atoms with Crippen LogP contribution in [0.3, 0.4) is 0 Å². The van der Waals surface area contributed by atoms with E-state index in [-0.39, 0.29) is 23.6 Å². The molecule has 4 rings (SSSR count). The topological polar surface area (TPSA) is 63.2 Å². The average molecular weight is 428 g/mol. The van der Waals surface area contributed by atoms with Gasteiger partial charge in [0.1, 0.15) is 17.4 Å². The summed E-state index contributed by atoms with van der Waals surface area (Å²) in [7, 11) is 0. The number of nitrogens with one attached hydrogen (secondary N) is 2. The van der Waals surface area contributed by atoms with Crippen molar-refractivity contribution in [3.63, 3.8) is 0 Å². The van der Waals surface area contributed by atoms with Crippen LogP contribution in [-0.2, 0) is 4.79 Å². The highest BCUT2D eigenvalue weighted by atomic mass is 35.5. The van der Waals surface area contributed by atoms with Gasteiger partial charge in [0.25, 0.3) is 5.91 Å². The Balaban J connectivity index is 1.22. The van der Waals surface area contributed by atoms with Gasteiger partial charge in [-0.1, -0.05) is 29.8 Å². The van der Waals surface area contributed by atoms with Crippen LogP contribution in [0.4, 0.5) is 10.2 Å². The van der Waals surface area contributed by atoms with Crippen molar-refractivity contribution >= 4 is 34.2 Å². The number of nitrogens with zero attached hydrogens (tertiary/aromatic N) is 1. The van der Waals surface area contributed by atoms with E-state index in [4.69, 9.17) is 16.3 Å². The van der Waals surface area contributed by atoms with Crippen LogP contribution in [0.5, 0.6) is 5.75 Å². The maximum Gasteiger partial charge on any atom is 0.258 e. The molecule has 30 heavy (non-hydrogen) atoms. The largest absolute Gasteiger partial charge is 0.484 e. The first-order valence-corrected chi connectivity index (χ1v) is 10.4. The van der Waals surface area contributed by atoms with Gasteiger partial charge in [-0.25, -0.2) is 9.37 Å². The molecule has 1 aromatic heterocycles. The van der Waals surface area contributed by atoms with Crippen LogP contribution in [0.15, 0.2) is 54.6 Å². The third-order valence-electron chi connectivity index (χ3n) is 5.30. The molecular formula is C23H23ClFN3O2. The number of carbonyl (C=O) groups excluding carboxylic acids is 1. The number of amides is 1. The summed E-state index contributed by atoms with van der Waals surface area (Å²) in [6, 6.07) is 16.6. The van der Waals surface area contributed by atoms with Gasteiger partial charge in [-0.15, -0.1) is 0 Å². The third kappa shape index (κ3) is 5.19. The highest BCUT2D eigenvalue weighted by molar-refractivity contribution is 6.30. The van der Waals surface area contributed by atoms with Crippen LogP contribution < -0.4 is 15.4 Å². The number of aromatic nitrogens is 1. The summed E-state index contributed by atoms with van der Waals surface area (Å²) in [6.07, 6.45) is 3.68. The number of hydrogen-bond donors (Lipinski definition) is 2. The van der Waals surface area contributed by atoms with E-state index < -0.39 is 5.82 Å². The highest BCUT2D eigenvalue weighted by Crippen LogP contribution is 2.24. The molecule has 0 spiro atoms. The minimum Gasteiger partial charge on any atom is -0.484 e. The van der Waals surface area contributed by atoms with Gasteiger partial charge in [0.2, 0.25) is 0 Å². The number of para-hydroxylation sites is 1. The maximum atomic E-state index is 13.2. The standard InChI is InChI=1S/C23H23ClFN3O2/c24-19-13-18(10-11-20(19)25)30-14-23(29)27-17-8-6-16(7-9-17)26-22-12-5-15-3-1-2-4-21(15)28-22/h1-5,10-13,16-17H,6-9,14H2,(H,26,28)(H,27,29)/t16-,17+. The van der Waals surface area contributed by atoms with Gasteiger partial charge in [0, 0.05) is 23.5 Å². The number of ether oxygens (including phenoxy) is 1. The molecule has 1 aliphatic carbocycles. The Morgan fingerprint density at radius 2 is 1.83 bits per heavy atom. The number of halogens is 2. The second-order valence-electron chi connectivity index (χ2n) is 7.51. The Morgan fingerprint density at radius 1 is 1.07 bits per heavy atom. The molecule has 0 saturated heterocycles. The van der Waals surface area contributed by atoms with Crippen molar-refractivity contribution < 1.29 is 13.9 Å². The quantitative estimate of drug-likeness (QED) is 0.584. The zero-order chi connectivity index (χ0) is 20.9. The monoisotopic (exact) mass is 427 g/mol. The molecule has 7 heteroatoms. The molecule has 0 aliphatic heterocycles. The summed E-state index contributed by atoms with van der Waals surface area (Å²) in [4.78, 5) is 16.8. The summed E-state index contributed by atoms with van der Waals surface area (Å²) < 4.78 is 18.6. The highest BCUT2D eigenvalue weighted by Gasteiger charge is 2.22. The van der Waals surface area contributed by atoms with Gasteiger partial charge < -0.3 is 15.4 Å². The summed E-state index contributed by atoms with van der Waals surface area (Å²) in [5.41, 5.74) is 0.978. The average Bonchev–Trinajstić information content (AvgIpc) is 2.76. The summed E-state index contributed by atoms with van der Waals surface area (Å²) in [5.74, 6) is 0.542. The molecule has 3 aromatic rings. The van der Waals surface area contributed by atoms with E-state index in [1.165, 1.54) is 18.2 Å². The van der Waals surface area contributed by atoms with E-state index in [2.05, 4.69) is 21.7 Å². The molecule has 156 valence electrons. The SMILES string of the molecule is O=C(COc1ccc(F)c(Cl)c1)N[C@H]1CC[C@@H](Nc2ccc3ccccc3n2)CC1. The maximum absolute atomic E-state index is 13.2. The van der Waals surface area contributed by atoms with Crippen LogP contribution in [0.25, 0.3) is 10.9 Å². The second kappa shape index (κ2) is 9.30. The minimum atomic E-state index is -0.516. The van der Waals surface area contributed by atoms with Gasteiger partial charge in [0.05, 0.1) is 10.5 Å². The fourth-order valence-corrected chi connectivity index (χ4v) is 3.89. The lowest BCUT2D eigenvalue weighted by Gasteiger charge is -2.30. The smallest absolute Gasteiger partial charge is 0.258 e. The van der Waals surface area contributed by atoms with E-state index in [0.717, 1.165) is 42.4 Å². The summed E-state index contributed by atoms with van der Waals surface area (Å²) in [6.45, 7) is -0.124. The fourth-order valence-electron chi connectivity index (χ4n) is 3.72. The summed E-state index contributed by atoms with van der Waals surface area (Å²) in [5, 5.41) is 7.62. The Bertz CT molecular complexity index is 1040. The van der Waals surface area contributed by atoms with E-state index in [1.807, 2.05) is 30.3 Å². The zero-order valence-corrected chi connectivity index (χ0v) is 17.2. The fraction of sp³-hybridized carbons (Fsp3) is 0.304. The van der Waals surface area contributed by atoms with Crippen molar-refractivity contribution in [2.75, 3.05) is 11.9 Å². The Hall–Kier alpha value is -2.86. The van der Waals surface area contributed by atoms with Crippen LogP contribution in [-0.4, -0.2) is 29.6 Å². The molecule has 1 amide bonds. The normalized spacial score (nSPS) is 18.7. The van der Waals surface area contributed by atoms with Crippen molar-refractivity contribution in [3.8, 4) is 5.75 Å². The van der Waals surface area contributed by atoms with Gasteiger partial charge in [-0.2, -0.15) is 0 Å². The molecule has 1 heterocycles. The molecule has 1 aliphatic rings. The first-order chi connectivity index (χ1) is 14.6. The van der Waals surface area contributed by atoms with Crippen molar-refractivity contribution in [1.29, 1.82) is 0 Å². The minimum absolute atomic E-state index is 0.0281. The van der Waals surface area contributed by atoms with Gasteiger partial charge in [0.15, 0.2) is 6.61 Å². The molecule has 0 atom stereocenters. The second-order valence-corrected chi connectivity index (χ2v) is 7.92. The number of anilines is 1.